The first-order chi connectivity index (χ1) is 6.06. The van der Waals surface area contributed by atoms with Crippen LogP contribution in [0.5, 0.6) is 0 Å². The number of nitrogen functional groups attached to an aromatic ring is 1. The first kappa shape index (κ1) is 10.2. The van der Waals surface area contributed by atoms with Crippen LogP contribution >= 0.6 is 27.5 Å². The molecule has 0 unspecified atom stereocenters. The van der Waals surface area contributed by atoms with Gasteiger partial charge < -0.3 is 5.43 Å². The fourth-order valence-corrected chi connectivity index (χ4v) is 1.75. The Morgan fingerprint density at radius 2 is 2.23 bits per heavy atom. The van der Waals surface area contributed by atoms with Gasteiger partial charge in [-0.25, -0.2) is 0 Å². The highest BCUT2D eigenvalue weighted by Crippen LogP contribution is 2.33. The molecule has 0 aliphatic rings. The summed E-state index contributed by atoms with van der Waals surface area (Å²) in [4.78, 5) is 9.85. The van der Waals surface area contributed by atoms with Crippen LogP contribution in [-0.2, 0) is 0 Å². The summed E-state index contributed by atoms with van der Waals surface area (Å²) in [5, 5.41) is 10.6. The van der Waals surface area contributed by atoms with Crippen LogP contribution in [0.3, 0.4) is 0 Å². The number of non-ortho nitro benzene ring substituents is 1. The maximum absolute atomic E-state index is 10.4. The maximum Gasteiger partial charge on any atom is 0.272 e. The van der Waals surface area contributed by atoms with E-state index in [1.807, 2.05) is 0 Å². The summed E-state index contributed by atoms with van der Waals surface area (Å²) < 4.78 is 0.453. The van der Waals surface area contributed by atoms with Crippen molar-refractivity contribution in [3.8, 4) is 0 Å². The van der Waals surface area contributed by atoms with Crippen molar-refractivity contribution in [3.05, 3.63) is 31.7 Å². The SMILES string of the molecule is NNc1c(Cl)cc([N+](=O)[O-])cc1Br. The molecule has 0 atom stereocenters. The lowest BCUT2D eigenvalue weighted by molar-refractivity contribution is -0.384. The lowest BCUT2D eigenvalue weighted by Gasteiger charge is -2.04. The van der Waals surface area contributed by atoms with Crippen LogP contribution in [0.1, 0.15) is 0 Å². The molecule has 0 saturated heterocycles. The van der Waals surface area contributed by atoms with Crippen LogP contribution in [0, 0.1) is 10.1 Å². The summed E-state index contributed by atoms with van der Waals surface area (Å²) >= 11 is 8.80. The predicted molar refractivity (Wildman–Crippen MR) is 53.6 cm³/mol. The molecule has 1 aromatic carbocycles. The maximum atomic E-state index is 10.4. The minimum Gasteiger partial charge on any atom is -0.322 e. The number of rotatable bonds is 2. The standard InChI is InChI=1S/C6H5BrClN3O2/c7-4-1-3(11(12)13)2-5(8)6(4)10-9/h1-2,10H,9H2. The molecular formula is C6H5BrClN3O2. The number of nitrogens with two attached hydrogens (primary N) is 1. The lowest BCUT2D eigenvalue weighted by Crippen LogP contribution is -2.08. The number of halogens is 2. The molecular weight excluding hydrogens is 261 g/mol. The summed E-state index contributed by atoms with van der Waals surface area (Å²) in [5.41, 5.74) is 2.66. The average Bonchev–Trinajstić information content (AvgIpc) is 2.03. The highest BCUT2D eigenvalue weighted by atomic mass is 79.9. The molecule has 70 valence electrons. The largest absolute Gasteiger partial charge is 0.322 e. The number of anilines is 1. The van der Waals surface area contributed by atoms with E-state index in [1.54, 1.807) is 0 Å². The Kier molecular flexibility index (Phi) is 3.07. The Morgan fingerprint density at radius 1 is 1.62 bits per heavy atom. The van der Waals surface area contributed by atoms with Crippen LogP contribution < -0.4 is 11.3 Å². The van der Waals surface area contributed by atoms with Crippen molar-refractivity contribution in [3.63, 3.8) is 0 Å². The predicted octanol–water partition coefficient (Wildman–Crippen LogP) is 2.30. The number of benzene rings is 1. The van der Waals surface area contributed by atoms with Crippen molar-refractivity contribution in [2.45, 2.75) is 0 Å². The van der Waals surface area contributed by atoms with Gasteiger partial charge in [-0.05, 0) is 15.9 Å². The van der Waals surface area contributed by atoms with Crippen molar-refractivity contribution in [2.24, 2.45) is 5.84 Å². The van der Waals surface area contributed by atoms with E-state index in [9.17, 15) is 10.1 Å². The summed E-state index contributed by atoms with van der Waals surface area (Å²) in [7, 11) is 0. The zero-order valence-corrected chi connectivity index (χ0v) is 8.59. The molecule has 1 rings (SSSR count). The highest BCUT2D eigenvalue weighted by Gasteiger charge is 2.12. The number of nitrogens with one attached hydrogen (secondary N) is 1. The minimum absolute atomic E-state index is 0.0872. The van der Waals surface area contributed by atoms with Gasteiger partial charge in [-0.15, -0.1) is 0 Å². The van der Waals surface area contributed by atoms with Crippen molar-refractivity contribution in [2.75, 3.05) is 5.43 Å². The molecule has 1 aromatic rings. The highest BCUT2D eigenvalue weighted by molar-refractivity contribution is 9.10. The van der Waals surface area contributed by atoms with Crippen LogP contribution in [0.15, 0.2) is 16.6 Å². The average molecular weight is 266 g/mol. The number of hydrogen-bond donors (Lipinski definition) is 2. The van der Waals surface area contributed by atoms with Gasteiger partial charge in [-0.1, -0.05) is 11.6 Å². The van der Waals surface area contributed by atoms with Gasteiger partial charge in [0.15, 0.2) is 0 Å². The summed E-state index contributed by atoms with van der Waals surface area (Å²) in [5.74, 6) is 5.14. The van der Waals surface area contributed by atoms with Gasteiger partial charge in [0.05, 0.1) is 20.1 Å². The Balaban J connectivity index is 3.28. The molecule has 0 heterocycles. The fraction of sp³-hybridized carbons (Fsp3) is 0. The minimum atomic E-state index is -0.531. The Hall–Kier alpha value is -0.850. The topological polar surface area (TPSA) is 81.2 Å². The molecule has 5 nitrogen and oxygen atoms in total. The molecule has 3 N–H and O–H groups in total. The van der Waals surface area contributed by atoms with E-state index in [0.717, 1.165) is 0 Å². The Labute approximate surface area is 87.1 Å². The lowest BCUT2D eigenvalue weighted by atomic mass is 10.3. The summed E-state index contributed by atoms with van der Waals surface area (Å²) in [6, 6.07) is 2.54. The third-order valence-corrected chi connectivity index (χ3v) is 2.31. The van der Waals surface area contributed by atoms with Crippen molar-refractivity contribution >= 4 is 38.9 Å². The van der Waals surface area contributed by atoms with Gasteiger partial charge in [-0.2, -0.15) is 0 Å². The van der Waals surface area contributed by atoms with Crippen LogP contribution in [0.25, 0.3) is 0 Å². The van der Waals surface area contributed by atoms with Crippen LogP contribution in [0.4, 0.5) is 11.4 Å². The monoisotopic (exact) mass is 265 g/mol. The van der Waals surface area contributed by atoms with E-state index in [4.69, 9.17) is 17.4 Å². The number of hydrogen-bond acceptors (Lipinski definition) is 4. The first-order valence-electron chi connectivity index (χ1n) is 3.16. The van der Waals surface area contributed by atoms with Gasteiger partial charge in [-0.3, -0.25) is 16.0 Å². The van der Waals surface area contributed by atoms with Gasteiger partial charge in [0.1, 0.15) is 0 Å². The molecule has 0 aromatic heterocycles. The molecule has 0 bridgehead atoms. The van der Waals surface area contributed by atoms with E-state index in [1.165, 1.54) is 12.1 Å². The summed E-state index contributed by atoms with van der Waals surface area (Å²) in [6.07, 6.45) is 0. The first-order valence-corrected chi connectivity index (χ1v) is 4.33. The molecule has 0 spiro atoms. The van der Waals surface area contributed by atoms with Crippen molar-refractivity contribution in [1.82, 2.24) is 0 Å². The van der Waals surface area contributed by atoms with Crippen LogP contribution in [-0.4, -0.2) is 4.92 Å². The number of hydrazine groups is 1. The second kappa shape index (κ2) is 3.91. The number of nitro benzene ring substituents is 1. The molecule has 0 aliphatic heterocycles. The molecule has 0 saturated carbocycles. The fourth-order valence-electron chi connectivity index (χ4n) is 0.803. The van der Waals surface area contributed by atoms with Crippen molar-refractivity contribution < 1.29 is 4.92 Å². The smallest absolute Gasteiger partial charge is 0.272 e. The third kappa shape index (κ3) is 2.09. The third-order valence-electron chi connectivity index (χ3n) is 1.38. The molecule has 13 heavy (non-hydrogen) atoms. The van der Waals surface area contributed by atoms with Crippen molar-refractivity contribution in [1.29, 1.82) is 0 Å². The van der Waals surface area contributed by atoms with Crippen LogP contribution in [0.2, 0.25) is 5.02 Å². The second-order valence-corrected chi connectivity index (χ2v) is 3.45. The molecule has 0 radical (unpaired) electrons. The molecule has 0 aliphatic carbocycles. The molecule has 7 heteroatoms. The summed E-state index contributed by atoms with van der Waals surface area (Å²) in [6.45, 7) is 0. The van der Waals surface area contributed by atoms with E-state index in [2.05, 4.69) is 21.4 Å². The van der Waals surface area contributed by atoms with E-state index in [0.29, 0.717) is 10.2 Å². The van der Waals surface area contributed by atoms with Gasteiger partial charge in [0.2, 0.25) is 0 Å². The van der Waals surface area contributed by atoms with E-state index in [-0.39, 0.29) is 10.7 Å². The Bertz CT molecular complexity index is 335. The zero-order valence-electron chi connectivity index (χ0n) is 6.25. The normalized spacial score (nSPS) is 9.77. The van der Waals surface area contributed by atoms with E-state index < -0.39 is 4.92 Å². The molecule has 0 amide bonds. The van der Waals surface area contributed by atoms with Gasteiger partial charge in [0, 0.05) is 12.1 Å². The quantitative estimate of drug-likeness (QED) is 0.489. The van der Waals surface area contributed by atoms with E-state index >= 15 is 0 Å². The Morgan fingerprint density at radius 3 is 2.62 bits per heavy atom. The van der Waals surface area contributed by atoms with Gasteiger partial charge >= 0.3 is 0 Å². The number of nitrogens with zero attached hydrogens (tertiary/aromatic N) is 1. The molecule has 0 fully saturated rings. The number of nitro groups is 1. The second-order valence-electron chi connectivity index (χ2n) is 2.19. The zero-order chi connectivity index (χ0) is 10.0. The van der Waals surface area contributed by atoms with Gasteiger partial charge in [0.25, 0.3) is 5.69 Å².